The summed E-state index contributed by atoms with van der Waals surface area (Å²) in [6.07, 6.45) is 2.16. The fourth-order valence-electron chi connectivity index (χ4n) is 2.80. The molecule has 3 rings (SSSR count). The molecule has 0 spiro atoms. The van der Waals surface area contributed by atoms with Crippen molar-refractivity contribution in [2.24, 2.45) is 0 Å². The van der Waals surface area contributed by atoms with E-state index in [1.165, 1.54) is 11.8 Å². The number of ether oxygens (including phenoxy) is 1. The number of rotatable bonds is 5. The Labute approximate surface area is 129 Å². The van der Waals surface area contributed by atoms with Gasteiger partial charge in [0.15, 0.2) is 0 Å². The summed E-state index contributed by atoms with van der Waals surface area (Å²) in [7, 11) is -3.19. The van der Waals surface area contributed by atoms with E-state index in [2.05, 4.69) is 0 Å². The van der Waals surface area contributed by atoms with E-state index < -0.39 is 10.0 Å². The van der Waals surface area contributed by atoms with Crippen molar-refractivity contribution in [3.05, 3.63) is 24.3 Å². The highest BCUT2D eigenvalue weighted by molar-refractivity contribution is 8.00. The number of fused-ring (bicyclic) bond motifs is 2. The van der Waals surface area contributed by atoms with E-state index in [9.17, 15) is 8.42 Å². The fraction of sp³-hybridized carbons (Fsp3) is 0.571. The van der Waals surface area contributed by atoms with Gasteiger partial charge in [0.05, 0.1) is 18.0 Å². The number of thioether (sulfide) groups is 1. The molecule has 1 aromatic carbocycles. The number of nitrogen functional groups attached to an aromatic ring is 1. The van der Waals surface area contributed by atoms with Crippen LogP contribution in [-0.2, 0) is 14.8 Å². The van der Waals surface area contributed by atoms with Crippen LogP contribution in [0.4, 0.5) is 5.69 Å². The molecule has 116 valence electrons. The summed E-state index contributed by atoms with van der Waals surface area (Å²) in [5, 5.41) is 0. The van der Waals surface area contributed by atoms with E-state index in [4.69, 9.17) is 10.5 Å². The molecule has 2 heterocycles. The van der Waals surface area contributed by atoms with Crippen molar-refractivity contribution in [2.45, 2.75) is 29.9 Å². The van der Waals surface area contributed by atoms with Gasteiger partial charge < -0.3 is 10.5 Å². The Morgan fingerprint density at radius 3 is 2.67 bits per heavy atom. The van der Waals surface area contributed by atoms with Crippen LogP contribution in [0.25, 0.3) is 0 Å². The Morgan fingerprint density at radius 1 is 1.29 bits per heavy atom. The summed E-state index contributed by atoms with van der Waals surface area (Å²) in [6.45, 7) is 1.03. The minimum atomic E-state index is -3.19. The van der Waals surface area contributed by atoms with E-state index in [-0.39, 0.29) is 18.0 Å². The average Bonchev–Trinajstić information content (AvgIpc) is 2.77. The third-order valence-electron chi connectivity index (χ3n) is 3.87. The fourth-order valence-corrected chi connectivity index (χ4v) is 5.65. The normalized spacial score (nSPS) is 26.1. The van der Waals surface area contributed by atoms with Gasteiger partial charge in [-0.05, 0) is 31.0 Å². The highest BCUT2D eigenvalue weighted by atomic mass is 32.2. The van der Waals surface area contributed by atoms with Crippen molar-refractivity contribution < 1.29 is 13.2 Å². The second kappa shape index (κ2) is 6.16. The molecule has 2 unspecified atom stereocenters. The summed E-state index contributed by atoms with van der Waals surface area (Å²) in [5.74, 6) is 0.699. The number of nitrogens with zero attached hydrogens (tertiary/aromatic N) is 1. The van der Waals surface area contributed by atoms with Gasteiger partial charge in [0.1, 0.15) is 0 Å². The van der Waals surface area contributed by atoms with Crippen molar-refractivity contribution in [3.63, 3.8) is 0 Å². The maximum absolute atomic E-state index is 12.4. The smallest absolute Gasteiger partial charge is 0.215 e. The summed E-state index contributed by atoms with van der Waals surface area (Å²) < 4.78 is 32.1. The Hall–Kier alpha value is -0.760. The van der Waals surface area contributed by atoms with E-state index in [0.29, 0.717) is 24.5 Å². The van der Waals surface area contributed by atoms with E-state index in [0.717, 1.165) is 17.7 Å². The van der Waals surface area contributed by atoms with Crippen LogP contribution in [0.1, 0.15) is 12.8 Å². The highest BCUT2D eigenvalue weighted by Gasteiger charge is 2.38. The van der Waals surface area contributed by atoms with Gasteiger partial charge in [-0.3, -0.25) is 0 Å². The molecular formula is C14H20N2O3S2. The average molecular weight is 328 g/mol. The minimum Gasteiger partial charge on any atom is -0.399 e. The van der Waals surface area contributed by atoms with Gasteiger partial charge in [-0.2, -0.15) is 4.31 Å². The number of anilines is 1. The minimum absolute atomic E-state index is 0.0973. The lowest BCUT2D eigenvalue weighted by atomic mass is 10.2. The predicted molar refractivity (Wildman–Crippen MR) is 84.8 cm³/mol. The van der Waals surface area contributed by atoms with Crippen LogP contribution in [0.2, 0.25) is 0 Å². The molecule has 5 nitrogen and oxygen atoms in total. The Kier molecular flexibility index (Phi) is 4.44. The quantitative estimate of drug-likeness (QED) is 0.656. The van der Waals surface area contributed by atoms with Gasteiger partial charge in [-0.1, -0.05) is 6.07 Å². The molecule has 2 saturated heterocycles. The summed E-state index contributed by atoms with van der Waals surface area (Å²) >= 11 is 1.53. The van der Waals surface area contributed by atoms with Crippen LogP contribution < -0.4 is 5.73 Å². The first kappa shape index (κ1) is 15.1. The maximum atomic E-state index is 12.4. The second-order valence-electron chi connectivity index (χ2n) is 5.51. The zero-order valence-electron chi connectivity index (χ0n) is 11.8. The van der Waals surface area contributed by atoms with Crippen molar-refractivity contribution in [1.29, 1.82) is 0 Å². The standard InChI is InChI=1S/C14H20N2O3S2/c15-11-2-1-3-14(8-11)20-6-7-21(17,18)16-9-12-4-5-13(10-16)19-12/h1-3,8,12-13H,4-7,9-10,15H2. The van der Waals surface area contributed by atoms with E-state index in [1.54, 1.807) is 4.31 Å². The van der Waals surface area contributed by atoms with Crippen molar-refractivity contribution >= 4 is 27.5 Å². The van der Waals surface area contributed by atoms with Crippen LogP contribution in [0, 0.1) is 0 Å². The molecule has 2 atom stereocenters. The predicted octanol–water partition coefficient (Wildman–Crippen LogP) is 1.55. The lowest BCUT2D eigenvalue weighted by molar-refractivity contribution is -0.0114. The van der Waals surface area contributed by atoms with Crippen LogP contribution in [-0.4, -0.2) is 49.5 Å². The molecule has 2 aliphatic heterocycles. The molecule has 2 N–H and O–H groups in total. The molecule has 21 heavy (non-hydrogen) atoms. The summed E-state index contributed by atoms with van der Waals surface area (Å²) in [6, 6.07) is 7.52. The number of morpholine rings is 1. The van der Waals surface area contributed by atoms with Gasteiger partial charge in [0, 0.05) is 29.4 Å². The van der Waals surface area contributed by atoms with Gasteiger partial charge in [-0.15, -0.1) is 11.8 Å². The van der Waals surface area contributed by atoms with Crippen LogP contribution in [0.5, 0.6) is 0 Å². The number of hydrogen-bond acceptors (Lipinski definition) is 5. The molecule has 2 fully saturated rings. The lowest BCUT2D eigenvalue weighted by Crippen LogP contribution is -2.46. The zero-order valence-corrected chi connectivity index (χ0v) is 13.4. The first-order valence-corrected chi connectivity index (χ1v) is 9.74. The molecule has 2 aliphatic rings. The number of nitrogens with two attached hydrogens (primary N) is 1. The third-order valence-corrected chi connectivity index (χ3v) is 6.93. The molecule has 0 aliphatic carbocycles. The molecule has 0 amide bonds. The Balaban J connectivity index is 1.54. The first-order valence-electron chi connectivity index (χ1n) is 7.14. The maximum Gasteiger partial charge on any atom is 0.215 e. The second-order valence-corrected chi connectivity index (χ2v) is 8.77. The summed E-state index contributed by atoms with van der Waals surface area (Å²) in [4.78, 5) is 1.01. The largest absolute Gasteiger partial charge is 0.399 e. The molecular weight excluding hydrogens is 308 g/mol. The van der Waals surface area contributed by atoms with Crippen LogP contribution in [0.3, 0.4) is 0 Å². The zero-order chi connectivity index (χ0) is 14.9. The van der Waals surface area contributed by atoms with E-state index >= 15 is 0 Å². The van der Waals surface area contributed by atoms with Gasteiger partial charge in [0.2, 0.25) is 10.0 Å². The van der Waals surface area contributed by atoms with Crippen molar-refractivity contribution in [3.8, 4) is 0 Å². The van der Waals surface area contributed by atoms with Crippen molar-refractivity contribution in [1.82, 2.24) is 4.31 Å². The third kappa shape index (κ3) is 3.71. The lowest BCUT2D eigenvalue weighted by Gasteiger charge is -2.31. The Morgan fingerprint density at radius 2 is 2.00 bits per heavy atom. The van der Waals surface area contributed by atoms with Crippen molar-refractivity contribution in [2.75, 3.05) is 30.3 Å². The van der Waals surface area contributed by atoms with Crippen LogP contribution in [0.15, 0.2) is 29.2 Å². The monoisotopic (exact) mass is 328 g/mol. The molecule has 2 bridgehead atoms. The molecule has 7 heteroatoms. The van der Waals surface area contributed by atoms with Gasteiger partial charge in [0.25, 0.3) is 0 Å². The Bertz CT molecular complexity index is 594. The highest BCUT2D eigenvalue weighted by Crippen LogP contribution is 2.28. The first-order chi connectivity index (χ1) is 10.0. The number of benzene rings is 1. The summed E-state index contributed by atoms with van der Waals surface area (Å²) in [5.41, 5.74) is 6.42. The SMILES string of the molecule is Nc1cccc(SCCS(=O)(=O)N2CC3CCC(C2)O3)c1. The van der Waals surface area contributed by atoms with Gasteiger partial charge in [-0.25, -0.2) is 8.42 Å². The van der Waals surface area contributed by atoms with E-state index in [1.807, 2.05) is 24.3 Å². The molecule has 0 aromatic heterocycles. The van der Waals surface area contributed by atoms with Gasteiger partial charge >= 0.3 is 0 Å². The molecule has 0 saturated carbocycles. The number of hydrogen-bond donors (Lipinski definition) is 1. The number of sulfonamides is 1. The topological polar surface area (TPSA) is 72.6 Å². The molecule has 0 radical (unpaired) electrons. The molecule has 1 aromatic rings. The van der Waals surface area contributed by atoms with Crippen LogP contribution >= 0.6 is 11.8 Å².